The Morgan fingerprint density at radius 1 is 1.19 bits per heavy atom. The van der Waals surface area contributed by atoms with E-state index in [0.717, 1.165) is 25.9 Å². The summed E-state index contributed by atoms with van der Waals surface area (Å²) >= 11 is 11.1. The van der Waals surface area contributed by atoms with Gasteiger partial charge >= 0.3 is 0 Å². The molecule has 2 rings (SSSR count). The highest BCUT2D eigenvalue weighted by molar-refractivity contribution is 7.80. The third kappa shape index (κ3) is 5.52. The third-order valence-corrected chi connectivity index (χ3v) is 3.94. The van der Waals surface area contributed by atoms with Gasteiger partial charge in [-0.2, -0.15) is 0 Å². The number of ether oxygens (including phenoxy) is 1. The standard InChI is InChI=1S/C15H19ClN2O2S/c16-12-5-7-13(8-6-12)20-11-14(19)17-15(21)18-9-3-1-2-4-10-18/h5-8H,1-4,9-11H2,(H,17,19,21). The van der Waals surface area contributed by atoms with Gasteiger partial charge in [0.15, 0.2) is 11.7 Å². The highest BCUT2D eigenvalue weighted by Gasteiger charge is 2.14. The Balaban J connectivity index is 1.75. The van der Waals surface area contributed by atoms with Gasteiger partial charge in [-0.15, -0.1) is 0 Å². The molecule has 1 N–H and O–H groups in total. The number of benzene rings is 1. The van der Waals surface area contributed by atoms with Gasteiger partial charge in [-0.3, -0.25) is 4.79 Å². The van der Waals surface area contributed by atoms with Crippen molar-refractivity contribution in [2.24, 2.45) is 0 Å². The number of hydrogen-bond donors (Lipinski definition) is 1. The lowest BCUT2D eigenvalue weighted by atomic mass is 10.2. The lowest BCUT2D eigenvalue weighted by molar-refractivity contribution is -0.121. The number of carbonyl (C=O) groups excluding carboxylic acids is 1. The molecule has 114 valence electrons. The summed E-state index contributed by atoms with van der Waals surface area (Å²) in [6, 6.07) is 6.89. The van der Waals surface area contributed by atoms with Gasteiger partial charge in [0.25, 0.3) is 5.91 Å². The smallest absolute Gasteiger partial charge is 0.264 e. The molecule has 1 aliphatic rings. The van der Waals surface area contributed by atoms with Crippen molar-refractivity contribution in [2.75, 3.05) is 19.7 Å². The van der Waals surface area contributed by atoms with Crippen LogP contribution in [0.5, 0.6) is 5.75 Å². The normalized spacial score (nSPS) is 15.2. The van der Waals surface area contributed by atoms with Crippen LogP contribution in [0.2, 0.25) is 5.02 Å². The van der Waals surface area contributed by atoms with Crippen molar-refractivity contribution >= 4 is 34.8 Å². The number of nitrogens with one attached hydrogen (secondary N) is 1. The van der Waals surface area contributed by atoms with Crippen molar-refractivity contribution in [3.63, 3.8) is 0 Å². The first-order valence-electron chi connectivity index (χ1n) is 7.12. The van der Waals surface area contributed by atoms with Crippen LogP contribution in [0.4, 0.5) is 0 Å². The summed E-state index contributed by atoms with van der Waals surface area (Å²) in [4.78, 5) is 13.9. The molecule has 0 aliphatic carbocycles. The molecule has 0 radical (unpaired) electrons. The topological polar surface area (TPSA) is 41.6 Å². The van der Waals surface area contributed by atoms with Crippen LogP contribution in [-0.2, 0) is 4.79 Å². The van der Waals surface area contributed by atoms with Gasteiger partial charge < -0.3 is 15.0 Å². The van der Waals surface area contributed by atoms with E-state index in [2.05, 4.69) is 10.2 Å². The van der Waals surface area contributed by atoms with Crippen LogP contribution in [0.1, 0.15) is 25.7 Å². The average molecular weight is 327 g/mol. The van der Waals surface area contributed by atoms with Crippen LogP contribution >= 0.6 is 23.8 Å². The van der Waals surface area contributed by atoms with Crippen molar-refractivity contribution in [3.8, 4) is 5.75 Å². The number of rotatable bonds is 3. The molecule has 1 fully saturated rings. The molecule has 1 aliphatic heterocycles. The molecule has 1 aromatic rings. The quantitative estimate of drug-likeness (QED) is 0.867. The van der Waals surface area contributed by atoms with Crippen LogP contribution in [0, 0.1) is 0 Å². The van der Waals surface area contributed by atoms with E-state index in [0.29, 0.717) is 15.9 Å². The van der Waals surface area contributed by atoms with Gasteiger partial charge in [-0.25, -0.2) is 0 Å². The maximum Gasteiger partial charge on any atom is 0.264 e. The van der Waals surface area contributed by atoms with Crippen molar-refractivity contribution in [2.45, 2.75) is 25.7 Å². The van der Waals surface area contributed by atoms with E-state index >= 15 is 0 Å². The summed E-state index contributed by atoms with van der Waals surface area (Å²) in [6.45, 7) is 1.77. The molecule has 4 nitrogen and oxygen atoms in total. The molecule has 1 aromatic carbocycles. The Kier molecular flexibility index (Phi) is 6.26. The molecule has 0 atom stereocenters. The molecule has 0 saturated carbocycles. The van der Waals surface area contributed by atoms with Gasteiger partial charge in [-0.05, 0) is 49.3 Å². The number of nitrogens with zero attached hydrogens (tertiary/aromatic N) is 1. The molecule has 6 heteroatoms. The number of hydrogen-bond acceptors (Lipinski definition) is 3. The number of amides is 1. The van der Waals surface area contributed by atoms with Crippen LogP contribution in [-0.4, -0.2) is 35.6 Å². The minimum absolute atomic E-state index is 0.0599. The Bertz CT molecular complexity index is 485. The van der Waals surface area contributed by atoms with Gasteiger partial charge in [0.05, 0.1) is 0 Å². The lowest BCUT2D eigenvalue weighted by Crippen LogP contribution is -2.44. The molecule has 1 heterocycles. The summed E-state index contributed by atoms with van der Waals surface area (Å²) in [5, 5.41) is 3.86. The Hall–Kier alpha value is -1.33. The summed E-state index contributed by atoms with van der Waals surface area (Å²) in [7, 11) is 0. The summed E-state index contributed by atoms with van der Waals surface area (Å²) < 4.78 is 5.39. The van der Waals surface area contributed by atoms with E-state index in [1.807, 2.05) is 0 Å². The zero-order chi connectivity index (χ0) is 15.1. The highest BCUT2D eigenvalue weighted by Crippen LogP contribution is 2.15. The average Bonchev–Trinajstić information content (AvgIpc) is 2.76. The van der Waals surface area contributed by atoms with E-state index in [1.54, 1.807) is 24.3 Å². The van der Waals surface area contributed by atoms with Crippen LogP contribution < -0.4 is 10.1 Å². The third-order valence-electron chi connectivity index (χ3n) is 3.32. The molecule has 1 amide bonds. The minimum Gasteiger partial charge on any atom is -0.484 e. The van der Waals surface area contributed by atoms with Crippen molar-refractivity contribution in [3.05, 3.63) is 29.3 Å². The maximum absolute atomic E-state index is 11.8. The summed E-state index contributed by atoms with van der Waals surface area (Å²) in [5.41, 5.74) is 0. The predicted molar refractivity (Wildman–Crippen MR) is 87.7 cm³/mol. The van der Waals surface area contributed by atoms with E-state index in [9.17, 15) is 4.79 Å². The molecule has 0 spiro atoms. The Morgan fingerprint density at radius 3 is 2.43 bits per heavy atom. The van der Waals surface area contributed by atoms with Gasteiger partial charge in [0.2, 0.25) is 0 Å². The fourth-order valence-corrected chi connectivity index (χ4v) is 2.61. The van der Waals surface area contributed by atoms with Crippen molar-refractivity contribution in [1.82, 2.24) is 10.2 Å². The van der Waals surface area contributed by atoms with Crippen molar-refractivity contribution in [1.29, 1.82) is 0 Å². The van der Waals surface area contributed by atoms with Crippen molar-refractivity contribution < 1.29 is 9.53 Å². The van der Waals surface area contributed by atoms with Crippen LogP contribution in [0.15, 0.2) is 24.3 Å². The lowest BCUT2D eigenvalue weighted by Gasteiger charge is -2.23. The first kappa shape index (κ1) is 16.0. The second-order valence-electron chi connectivity index (χ2n) is 5.00. The van der Waals surface area contributed by atoms with E-state index in [4.69, 9.17) is 28.6 Å². The molecular formula is C15H19ClN2O2S. The number of halogens is 1. The molecule has 21 heavy (non-hydrogen) atoms. The summed E-state index contributed by atoms with van der Waals surface area (Å²) in [5.74, 6) is 0.370. The van der Waals surface area contributed by atoms with Crippen LogP contribution in [0.3, 0.4) is 0 Å². The molecule has 0 aromatic heterocycles. The van der Waals surface area contributed by atoms with E-state index < -0.39 is 0 Å². The van der Waals surface area contributed by atoms with Crippen LogP contribution in [0.25, 0.3) is 0 Å². The highest BCUT2D eigenvalue weighted by atomic mass is 35.5. The zero-order valence-electron chi connectivity index (χ0n) is 11.8. The van der Waals surface area contributed by atoms with Gasteiger partial charge in [0.1, 0.15) is 5.75 Å². The second-order valence-corrected chi connectivity index (χ2v) is 5.82. The SMILES string of the molecule is O=C(COc1ccc(Cl)cc1)NC(=S)N1CCCCCC1. The molecule has 0 unspecified atom stereocenters. The van der Waals surface area contributed by atoms with E-state index in [1.165, 1.54) is 12.8 Å². The predicted octanol–water partition coefficient (Wildman–Crippen LogP) is 3.00. The van der Waals surface area contributed by atoms with E-state index in [-0.39, 0.29) is 12.5 Å². The molecule has 1 saturated heterocycles. The Labute approximate surface area is 135 Å². The number of thiocarbonyl (C=S) groups is 1. The Morgan fingerprint density at radius 2 is 1.81 bits per heavy atom. The maximum atomic E-state index is 11.8. The first-order valence-corrected chi connectivity index (χ1v) is 7.91. The van der Waals surface area contributed by atoms with Gasteiger partial charge in [0, 0.05) is 18.1 Å². The summed E-state index contributed by atoms with van der Waals surface area (Å²) in [6.07, 6.45) is 4.70. The zero-order valence-corrected chi connectivity index (χ0v) is 13.4. The van der Waals surface area contributed by atoms with Gasteiger partial charge in [-0.1, -0.05) is 24.4 Å². The largest absolute Gasteiger partial charge is 0.484 e. The minimum atomic E-state index is -0.237. The monoisotopic (exact) mass is 326 g/mol. The first-order chi connectivity index (χ1) is 10.1. The number of likely N-dealkylation sites (tertiary alicyclic amines) is 1. The number of carbonyl (C=O) groups is 1. The molecular weight excluding hydrogens is 308 g/mol. The second kappa shape index (κ2) is 8.20. The molecule has 0 bridgehead atoms. The fraction of sp³-hybridized carbons (Fsp3) is 0.467. The fourth-order valence-electron chi connectivity index (χ4n) is 2.19.